The number of carbonyl (C=O) groups excluding carboxylic acids is 2. The first-order valence-corrected chi connectivity index (χ1v) is 8.71. The minimum Gasteiger partial charge on any atom is -0.298 e. The van der Waals surface area contributed by atoms with Gasteiger partial charge in [0.1, 0.15) is 0 Å². The SMILES string of the molecule is O=C1CC(NC2C=CS(=O)(=O)C2)C(=O)N1C1CCCC1. The highest BCUT2D eigenvalue weighted by molar-refractivity contribution is 7.94. The summed E-state index contributed by atoms with van der Waals surface area (Å²) in [6.07, 6.45) is 5.59. The van der Waals surface area contributed by atoms with Crippen molar-refractivity contribution in [3.05, 3.63) is 11.5 Å². The van der Waals surface area contributed by atoms with Crippen LogP contribution >= 0.6 is 0 Å². The molecule has 0 radical (unpaired) electrons. The maximum Gasteiger partial charge on any atom is 0.247 e. The maximum atomic E-state index is 12.3. The highest BCUT2D eigenvalue weighted by Gasteiger charge is 2.43. The number of imide groups is 1. The molecule has 2 heterocycles. The van der Waals surface area contributed by atoms with Gasteiger partial charge in [-0.05, 0) is 12.8 Å². The van der Waals surface area contributed by atoms with E-state index < -0.39 is 15.9 Å². The van der Waals surface area contributed by atoms with Gasteiger partial charge in [0.2, 0.25) is 11.8 Å². The van der Waals surface area contributed by atoms with Crippen LogP contribution in [0.1, 0.15) is 32.1 Å². The summed E-state index contributed by atoms with van der Waals surface area (Å²) < 4.78 is 22.7. The third kappa shape index (κ3) is 2.52. The van der Waals surface area contributed by atoms with E-state index in [0.29, 0.717) is 0 Å². The number of nitrogens with zero attached hydrogens (tertiary/aromatic N) is 1. The second-order valence-electron chi connectivity index (χ2n) is 5.73. The van der Waals surface area contributed by atoms with Crippen LogP contribution in [-0.4, -0.2) is 49.0 Å². The molecule has 2 fully saturated rings. The molecule has 3 rings (SSSR count). The Morgan fingerprint density at radius 1 is 1.20 bits per heavy atom. The zero-order valence-electron chi connectivity index (χ0n) is 11.1. The monoisotopic (exact) mass is 298 g/mol. The Morgan fingerprint density at radius 2 is 1.90 bits per heavy atom. The highest BCUT2D eigenvalue weighted by atomic mass is 32.2. The van der Waals surface area contributed by atoms with E-state index in [1.54, 1.807) is 6.08 Å². The number of rotatable bonds is 3. The Labute approximate surface area is 118 Å². The standard InChI is InChI=1S/C13H18N2O4S/c16-12-7-11(14-9-5-6-20(18,19)8-9)13(17)15(12)10-3-1-2-4-10/h5-6,9-11,14H,1-4,7-8H2. The van der Waals surface area contributed by atoms with Gasteiger partial charge >= 0.3 is 0 Å². The lowest BCUT2D eigenvalue weighted by Crippen LogP contribution is -2.46. The van der Waals surface area contributed by atoms with Crippen LogP contribution in [0.2, 0.25) is 0 Å². The minimum absolute atomic E-state index is 0.0333. The molecule has 0 aromatic heterocycles. The van der Waals surface area contributed by atoms with E-state index in [0.717, 1.165) is 25.7 Å². The smallest absolute Gasteiger partial charge is 0.247 e. The minimum atomic E-state index is -3.15. The van der Waals surface area contributed by atoms with Crippen LogP contribution in [0.3, 0.4) is 0 Å². The van der Waals surface area contributed by atoms with Crippen LogP contribution in [0.4, 0.5) is 0 Å². The van der Waals surface area contributed by atoms with Crippen molar-refractivity contribution in [2.24, 2.45) is 0 Å². The van der Waals surface area contributed by atoms with Gasteiger partial charge in [-0.1, -0.05) is 18.9 Å². The van der Waals surface area contributed by atoms with E-state index >= 15 is 0 Å². The molecule has 2 atom stereocenters. The van der Waals surface area contributed by atoms with E-state index in [9.17, 15) is 18.0 Å². The van der Waals surface area contributed by atoms with Crippen molar-refractivity contribution in [2.75, 3.05) is 5.75 Å². The molecule has 0 aromatic rings. The van der Waals surface area contributed by atoms with Crippen molar-refractivity contribution in [3.63, 3.8) is 0 Å². The lowest BCUT2D eigenvalue weighted by molar-refractivity contribution is -0.141. The van der Waals surface area contributed by atoms with E-state index in [4.69, 9.17) is 0 Å². The van der Waals surface area contributed by atoms with Crippen molar-refractivity contribution < 1.29 is 18.0 Å². The third-order valence-corrected chi connectivity index (χ3v) is 5.61. The van der Waals surface area contributed by atoms with Crippen molar-refractivity contribution >= 4 is 21.7 Å². The van der Waals surface area contributed by atoms with Crippen LogP contribution in [0.25, 0.3) is 0 Å². The van der Waals surface area contributed by atoms with Crippen LogP contribution in [-0.2, 0) is 19.4 Å². The second kappa shape index (κ2) is 4.96. The Morgan fingerprint density at radius 3 is 2.50 bits per heavy atom. The van der Waals surface area contributed by atoms with E-state index in [1.807, 2.05) is 0 Å². The molecule has 3 aliphatic rings. The van der Waals surface area contributed by atoms with Gasteiger partial charge in [-0.15, -0.1) is 0 Å². The van der Waals surface area contributed by atoms with Gasteiger partial charge < -0.3 is 0 Å². The molecule has 6 nitrogen and oxygen atoms in total. The first-order valence-electron chi connectivity index (χ1n) is 6.99. The van der Waals surface area contributed by atoms with Gasteiger partial charge in [0.05, 0.1) is 18.2 Å². The van der Waals surface area contributed by atoms with Crippen molar-refractivity contribution in [2.45, 2.75) is 50.2 Å². The molecule has 1 N–H and O–H groups in total. The topological polar surface area (TPSA) is 83.5 Å². The maximum absolute atomic E-state index is 12.3. The van der Waals surface area contributed by atoms with Gasteiger partial charge in [0.25, 0.3) is 0 Å². The number of carbonyl (C=O) groups is 2. The van der Waals surface area contributed by atoms with E-state index in [-0.39, 0.29) is 36.1 Å². The van der Waals surface area contributed by atoms with Crippen molar-refractivity contribution in [1.29, 1.82) is 0 Å². The summed E-state index contributed by atoms with van der Waals surface area (Å²) in [7, 11) is -3.15. The third-order valence-electron chi connectivity index (χ3n) is 4.22. The fourth-order valence-corrected chi connectivity index (χ4v) is 4.51. The van der Waals surface area contributed by atoms with Crippen molar-refractivity contribution in [3.8, 4) is 0 Å². The number of nitrogens with one attached hydrogen (secondary N) is 1. The average molecular weight is 298 g/mol. The molecule has 20 heavy (non-hydrogen) atoms. The molecule has 2 unspecified atom stereocenters. The molecule has 2 amide bonds. The lowest BCUT2D eigenvalue weighted by atomic mass is 10.2. The number of amides is 2. The molecule has 1 saturated heterocycles. The highest BCUT2D eigenvalue weighted by Crippen LogP contribution is 2.28. The molecule has 110 valence electrons. The van der Waals surface area contributed by atoms with Gasteiger partial charge in [-0.3, -0.25) is 19.8 Å². The molecule has 0 aromatic carbocycles. The predicted molar refractivity (Wildman–Crippen MR) is 72.4 cm³/mol. The van der Waals surface area contributed by atoms with Gasteiger partial charge in [0, 0.05) is 17.5 Å². The Balaban J connectivity index is 1.66. The summed E-state index contributed by atoms with van der Waals surface area (Å²) in [5.74, 6) is -0.363. The average Bonchev–Trinajstić information content (AvgIpc) is 3.03. The van der Waals surface area contributed by atoms with Gasteiger partial charge in [-0.25, -0.2) is 8.42 Å². The molecule has 0 bridgehead atoms. The first kappa shape index (κ1) is 13.8. The van der Waals surface area contributed by atoms with E-state index in [1.165, 1.54) is 10.3 Å². The predicted octanol–water partition coefficient (Wildman–Crippen LogP) is -0.0432. The quantitative estimate of drug-likeness (QED) is 0.739. The van der Waals surface area contributed by atoms with E-state index in [2.05, 4.69) is 5.32 Å². The summed E-state index contributed by atoms with van der Waals surface area (Å²) in [6.45, 7) is 0. The Kier molecular flexibility index (Phi) is 3.41. The van der Waals surface area contributed by atoms with Crippen LogP contribution in [0.5, 0.6) is 0 Å². The molecule has 0 spiro atoms. The molecular weight excluding hydrogens is 280 g/mol. The van der Waals surface area contributed by atoms with Crippen LogP contribution < -0.4 is 5.32 Å². The number of hydrogen-bond donors (Lipinski definition) is 1. The second-order valence-corrected chi connectivity index (χ2v) is 7.66. The van der Waals surface area contributed by atoms with Gasteiger partial charge in [0.15, 0.2) is 9.84 Å². The zero-order valence-corrected chi connectivity index (χ0v) is 11.9. The first-order chi connectivity index (χ1) is 9.46. The van der Waals surface area contributed by atoms with Gasteiger partial charge in [-0.2, -0.15) is 0 Å². The lowest BCUT2D eigenvalue weighted by Gasteiger charge is -2.22. The van der Waals surface area contributed by atoms with Crippen LogP contribution in [0.15, 0.2) is 11.5 Å². The summed E-state index contributed by atoms with van der Waals surface area (Å²) in [6, 6.07) is -0.902. The molecule has 1 aliphatic carbocycles. The summed E-state index contributed by atoms with van der Waals surface area (Å²) in [4.78, 5) is 25.7. The fraction of sp³-hybridized carbons (Fsp3) is 0.692. The molecule has 1 saturated carbocycles. The summed E-state index contributed by atoms with van der Waals surface area (Å²) in [5, 5.41) is 4.16. The summed E-state index contributed by atoms with van der Waals surface area (Å²) in [5.41, 5.74) is 0. The normalized spacial score (nSPS) is 33.5. The summed E-state index contributed by atoms with van der Waals surface area (Å²) >= 11 is 0. The fourth-order valence-electron chi connectivity index (χ4n) is 3.27. The van der Waals surface area contributed by atoms with Crippen molar-refractivity contribution in [1.82, 2.24) is 10.2 Å². The zero-order chi connectivity index (χ0) is 14.3. The molecule has 7 heteroatoms. The largest absolute Gasteiger partial charge is 0.298 e. The number of hydrogen-bond acceptors (Lipinski definition) is 5. The number of sulfone groups is 1. The number of likely N-dealkylation sites (tertiary alicyclic amines) is 1. The Bertz CT molecular complexity index is 563. The van der Waals surface area contributed by atoms with Crippen LogP contribution in [0, 0.1) is 0 Å². The molecule has 2 aliphatic heterocycles. The molecular formula is C13H18N2O4S. The Hall–Kier alpha value is -1.21.